The maximum absolute atomic E-state index is 8.73. The molecule has 3 N–H and O–H groups in total. The predicted octanol–water partition coefficient (Wildman–Crippen LogP) is 2.63. The molecular weight excluding hydrogens is 268 g/mol. The zero-order valence-electron chi connectivity index (χ0n) is 11.3. The highest BCUT2D eigenvalue weighted by Gasteiger charge is 2.17. The number of nitrogens with two attached hydrogens (primary N) is 1. The number of benzene rings is 1. The standard InChI is InChI=1S/C13H19ClN2O3/c1-13(2,18-3)6-7-19-11-8-9(14)4-5-10(11)12(15)16-17/h4-5,8,17H,6-7H2,1-3H3,(H2,15,16). The second kappa shape index (κ2) is 6.63. The summed E-state index contributed by atoms with van der Waals surface area (Å²) in [6, 6.07) is 4.93. The number of rotatable bonds is 6. The second-order valence-corrected chi connectivity index (χ2v) is 5.12. The van der Waals surface area contributed by atoms with Gasteiger partial charge in [0.25, 0.3) is 0 Å². The molecule has 19 heavy (non-hydrogen) atoms. The maximum Gasteiger partial charge on any atom is 0.173 e. The van der Waals surface area contributed by atoms with Crippen LogP contribution in [0.1, 0.15) is 25.8 Å². The van der Waals surface area contributed by atoms with Gasteiger partial charge in [0, 0.05) is 18.6 Å². The molecule has 0 amide bonds. The van der Waals surface area contributed by atoms with Crippen molar-refractivity contribution in [2.24, 2.45) is 10.9 Å². The second-order valence-electron chi connectivity index (χ2n) is 4.69. The molecule has 0 aromatic heterocycles. The highest BCUT2D eigenvalue weighted by molar-refractivity contribution is 6.30. The number of methoxy groups -OCH3 is 1. The Morgan fingerprint density at radius 1 is 1.47 bits per heavy atom. The lowest BCUT2D eigenvalue weighted by Gasteiger charge is -2.23. The number of halogens is 1. The van der Waals surface area contributed by atoms with Crippen LogP contribution in [0.2, 0.25) is 5.02 Å². The van der Waals surface area contributed by atoms with Gasteiger partial charge in [-0.15, -0.1) is 0 Å². The number of oxime groups is 1. The molecule has 0 saturated heterocycles. The molecule has 0 fully saturated rings. The molecule has 1 aromatic rings. The minimum Gasteiger partial charge on any atom is -0.493 e. The van der Waals surface area contributed by atoms with Crippen molar-refractivity contribution in [3.05, 3.63) is 28.8 Å². The van der Waals surface area contributed by atoms with Crippen LogP contribution in [0.3, 0.4) is 0 Å². The molecule has 6 heteroatoms. The van der Waals surface area contributed by atoms with Crippen LogP contribution in [0.4, 0.5) is 0 Å². The topological polar surface area (TPSA) is 77.1 Å². The van der Waals surface area contributed by atoms with E-state index in [1.807, 2.05) is 13.8 Å². The zero-order valence-corrected chi connectivity index (χ0v) is 12.1. The first-order valence-corrected chi connectivity index (χ1v) is 6.23. The summed E-state index contributed by atoms with van der Waals surface area (Å²) in [6.07, 6.45) is 0.700. The smallest absolute Gasteiger partial charge is 0.173 e. The molecule has 0 aliphatic rings. The molecule has 0 unspecified atom stereocenters. The summed E-state index contributed by atoms with van der Waals surface area (Å²) in [4.78, 5) is 0. The van der Waals surface area contributed by atoms with Gasteiger partial charge >= 0.3 is 0 Å². The third-order valence-electron chi connectivity index (χ3n) is 2.84. The van der Waals surface area contributed by atoms with Crippen LogP contribution in [-0.2, 0) is 4.74 Å². The highest BCUT2D eigenvalue weighted by atomic mass is 35.5. The van der Waals surface area contributed by atoms with E-state index in [4.69, 9.17) is 32.0 Å². The van der Waals surface area contributed by atoms with E-state index in [0.717, 1.165) is 0 Å². The van der Waals surface area contributed by atoms with Gasteiger partial charge in [-0.1, -0.05) is 16.8 Å². The van der Waals surface area contributed by atoms with Gasteiger partial charge in [-0.05, 0) is 32.0 Å². The third kappa shape index (κ3) is 4.61. The minimum absolute atomic E-state index is 0.0160. The van der Waals surface area contributed by atoms with Crippen molar-refractivity contribution in [2.75, 3.05) is 13.7 Å². The summed E-state index contributed by atoms with van der Waals surface area (Å²) >= 11 is 5.91. The summed E-state index contributed by atoms with van der Waals surface area (Å²) in [5.74, 6) is 0.465. The van der Waals surface area contributed by atoms with Crippen LogP contribution in [-0.4, -0.2) is 30.4 Å². The third-order valence-corrected chi connectivity index (χ3v) is 3.08. The van der Waals surface area contributed by atoms with Crippen molar-refractivity contribution >= 4 is 17.4 Å². The molecule has 0 radical (unpaired) electrons. The van der Waals surface area contributed by atoms with Crippen molar-refractivity contribution in [3.8, 4) is 5.75 Å². The quantitative estimate of drug-likeness (QED) is 0.365. The van der Waals surface area contributed by atoms with Crippen molar-refractivity contribution in [2.45, 2.75) is 25.9 Å². The van der Waals surface area contributed by atoms with Crippen LogP contribution in [0.25, 0.3) is 0 Å². The SMILES string of the molecule is COC(C)(C)CCOc1cc(Cl)ccc1/C(N)=N/O. The van der Waals surface area contributed by atoms with Gasteiger partial charge in [-0.3, -0.25) is 0 Å². The first-order chi connectivity index (χ1) is 8.89. The van der Waals surface area contributed by atoms with E-state index in [0.29, 0.717) is 29.4 Å². The molecule has 0 atom stereocenters. The average Bonchev–Trinajstić information content (AvgIpc) is 2.38. The highest BCUT2D eigenvalue weighted by Crippen LogP contribution is 2.24. The van der Waals surface area contributed by atoms with E-state index in [1.165, 1.54) is 0 Å². The fourth-order valence-corrected chi connectivity index (χ4v) is 1.55. The van der Waals surface area contributed by atoms with Crippen LogP contribution in [0, 0.1) is 0 Å². The minimum atomic E-state index is -0.269. The number of ether oxygens (including phenoxy) is 2. The van der Waals surface area contributed by atoms with Gasteiger partial charge in [-0.2, -0.15) is 0 Å². The number of hydrogen-bond acceptors (Lipinski definition) is 4. The van der Waals surface area contributed by atoms with Gasteiger partial charge in [0.2, 0.25) is 0 Å². The molecule has 0 aliphatic heterocycles. The van der Waals surface area contributed by atoms with Crippen LogP contribution < -0.4 is 10.5 Å². The lowest BCUT2D eigenvalue weighted by molar-refractivity contribution is 0.00544. The van der Waals surface area contributed by atoms with E-state index < -0.39 is 0 Å². The number of nitrogens with zero attached hydrogens (tertiary/aromatic N) is 1. The maximum atomic E-state index is 8.73. The molecule has 0 heterocycles. The molecular formula is C13H19ClN2O3. The van der Waals surface area contributed by atoms with Crippen molar-refractivity contribution in [1.82, 2.24) is 0 Å². The van der Waals surface area contributed by atoms with Crippen LogP contribution in [0.5, 0.6) is 5.75 Å². The van der Waals surface area contributed by atoms with Crippen LogP contribution >= 0.6 is 11.6 Å². The van der Waals surface area contributed by atoms with Gasteiger partial charge in [0.15, 0.2) is 5.84 Å². The van der Waals surface area contributed by atoms with E-state index in [2.05, 4.69) is 5.16 Å². The van der Waals surface area contributed by atoms with Gasteiger partial charge in [0.05, 0.1) is 17.8 Å². The summed E-state index contributed by atoms with van der Waals surface area (Å²) in [5.41, 5.74) is 5.81. The normalized spacial score (nSPS) is 12.5. The van der Waals surface area contributed by atoms with E-state index >= 15 is 0 Å². The fraction of sp³-hybridized carbons (Fsp3) is 0.462. The summed E-state index contributed by atoms with van der Waals surface area (Å²) in [5, 5.41) is 12.2. The Kier molecular flexibility index (Phi) is 5.44. The van der Waals surface area contributed by atoms with E-state index in [9.17, 15) is 0 Å². The first-order valence-electron chi connectivity index (χ1n) is 5.85. The molecule has 106 valence electrons. The lowest BCUT2D eigenvalue weighted by Crippen LogP contribution is -2.25. The number of hydrogen-bond donors (Lipinski definition) is 2. The Balaban J connectivity index is 2.80. The Morgan fingerprint density at radius 2 is 2.16 bits per heavy atom. The van der Waals surface area contributed by atoms with Gasteiger partial charge in [-0.25, -0.2) is 0 Å². The average molecular weight is 287 g/mol. The fourth-order valence-electron chi connectivity index (χ4n) is 1.39. The monoisotopic (exact) mass is 286 g/mol. The molecule has 0 spiro atoms. The predicted molar refractivity (Wildman–Crippen MR) is 75.2 cm³/mol. The Hall–Kier alpha value is -1.46. The summed E-state index contributed by atoms with van der Waals surface area (Å²) in [7, 11) is 1.65. The lowest BCUT2D eigenvalue weighted by atomic mass is 10.1. The number of amidine groups is 1. The molecule has 0 saturated carbocycles. The Morgan fingerprint density at radius 3 is 2.74 bits per heavy atom. The molecule has 0 bridgehead atoms. The van der Waals surface area contributed by atoms with E-state index in [-0.39, 0.29) is 11.4 Å². The van der Waals surface area contributed by atoms with Crippen molar-refractivity contribution < 1.29 is 14.7 Å². The molecule has 0 aliphatic carbocycles. The van der Waals surface area contributed by atoms with Crippen molar-refractivity contribution in [3.63, 3.8) is 0 Å². The summed E-state index contributed by atoms with van der Waals surface area (Å²) < 4.78 is 10.9. The van der Waals surface area contributed by atoms with Gasteiger partial charge in [0.1, 0.15) is 5.75 Å². The molecule has 1 rings (SSSR count). The summed E-state index contributed by atoms with van der Waals surface area (Å²) in [6.45, 7) is 4.38. The van der Waals surface area contributed by atoms with Crippen LogP contribution in [0.15, 0.2) is 23.4 Å². The Labute approximate surface area is 117 Å². The first kappa shape index (κ1) is 15.6. The largest absolute Gasteiger partial charge is 0.493 e. The van der Waals surface area contributed by atoms with Crippen molar-refractivity contribution in [1.29, 1.82) is 0 Å². The molecule has 5 nitrogen and oxygen atoms in total. The zero-order chi connectivity index (χ0) is 14.5. The Bertz CT molecular complexity index is 461. The molecule has 1 aromatic carbocycles. The van der Waals surface area contributed by atoms with Gasteiger partial charge < -0.3 is 20.4 Å². The van der Waals surface area contributed by atoms with E-state index in [1.54, 1.807) is 25.3 Å².